The maximum absolute atomic E-state index is 12.1. The summed E-state index contributed by atoms with van der Waals surface area (Å²) in [5.74, 6) is 1.06. The van der Waals surface area contributed by atoms with E-state index in [1.807, 2.05) is 0 Å². The molecule has 1 fully saturated rings. The summed E-state index contributed by atoms with van der Waals surface area (Å²) in [4.78, 5) is 19.0. The fourth-order valence-electron chi connectivity index (χ4n) is 2.26. The quantitative estimate of drug-likeness (QED) is 0.886. The highest BCUT2D eigenvalue weighted by Gasteiger charge is 2.37. The van der Waals surface area contributed by atoms with E-state index in [1.54, 1.807) is 24.3 Å². The van der Waals surface area contributed by atoms with Gasteiger partial charge in [0.1, 0.15) is 11.4 Å². The summed E-state index contributed by atoms with van der Waals surface area (Å²) in [7, 11) is 0. The predicted molar refractivity (Wildman–Crippen MR) is 73.5 cm³/mol. The third-order valence-corrected chi connectivity index (χ3v) is 3.85. The van der Waals surface area contributed by atoms with Crippen molar-refractivity contribution in [2.45, 2.75) is 19.3 Å². The van der Waals surface area contributed by atoms with Gasteiger partial charge in [-0.25, -0.2) is 0 Å². The van der Waals surface area contributed by atoms with Crippen LogP contribution in [0.4, 0.5) is 0 Å². The van der Waals surface area contributed by atoms with Gasteiger partial charge in [-0.15, -0.1) is 0 Å². The van der Waals surface area contributed by atoms with Gasteiger partial charge in [-0.2, -0.15) is 4.98 Å². The molecular formula is C14H13ClN2O2. The number of hydrogen-bond acceptors (Lipinski definition) is 3. The van der Waals surface area contributed by atoms with E-state index in [4.69, 9.17) is 11.6 Å². The fraction of sp³-hybridized carbons (Fsp3) is 0.286. The van der Waals surface area contributed by atoms with Gasteiger partial charge in [-0.05, 0) is 18.4 Å². The van der Waals surface area contributed by atoms with Crippen LogP contribution in [0.2, 0.25) is 5.02 Å². The molecule has 5 heteroatoms. The Morgan fingerprint density at radius 2 is 2.11 bits per heavy atom. The standard InChI is InChI=1S/C14H13ClN2O2/c1-7-6-9(7)12-16-13(18)11(14(19)17-12)8-4-2-3-5-10(8)15/h2-5,7,9H,6H2,1H3,(H2,16,17,18,19). The molecular weight excluding hydrogens is 264 g/mol. The molecule has 1 aromatic carbocycles. The van der Waals surface area contributed by atoms with E-state index in [1.165, 1.54) is 0 Å². The number of hydrogen-bond donors (Lipinski definition) is 2. The molecule has 2 aromatic rings. The molecule has 1 aromatic heterocycles. The molecule has 0 bridgehead atoms. The lowest BCUT2D eigenvalue weighted by Gasteiger charge is -2.07. The van der Waals surface area contributed by atoms with Gasteiger partial charge < -0.3 is 10.1 Å². The number of halogens is 1. The highest BCUT2D eigenvalue weighted by molar-refractivity contribution is 6.33. The molecule has 2 N–H and O–H groups in total. The van der Waals surface area contributed by atoms with Gasteiger partial charge in [0.05, 0.1) is 0 Å². The Balaban J connectivity index is 2.13. The number of aromatic nitrogens is 2. The smallest absolute Gasteiger partial charge is 0.262 e. The van der Waals surface area contributed by atoms with E-state index in [0.717, 1.165) is 6.42 Å². The SMILES string of the molecule is CC1CC1c1nc(O)c(-c2ccccc2Cl)c(=O)[nH]1. The molecule has 0 amide bonds. The lowest BCUT2D eigenvalue weighted by molar-refractivity contribution is 0.449. The molecule has 0 spiro atoms. The Morgan fingerprint density at radius 1 is 1.42 bits per heavy atom. The summed E-state index contributed by atoms with van der Waals surface area (Å²) in [6, 6.07) is 6.89. The van der Waals surface area contributed by atoms with Crippen molar-refractivity contribution in [2.24, 2.45) is 5.92 Å². The Labute approximate surface area is 115 Å². The van der Waals surface area contributed by atoms with Crippen LogP contribution in [0.3, 0.4) is 0 Å². The van der Waals surface area contributed by atoms with Crippen LogP contribution in [0.5, 0.6) is 5.88 Å². The number of rotatable bonds is 2. The highest BCUT2D eigenvalue weighted by atomic mass is 35.5. The molecule has 4 nitrogen and oxygen atoms in total. The van der Waals surface area contributed by atoms with Crippen LogP contribution >= 0.6 is 11.6 Å². The zero-order valence-corrected chi connectivity index (χ0v) is 11.1. The molecule has 0 aliphatic heterocycles. The zero-order valence-electron chi connectivity index (χ0n) is 10.4. The predicted octanol–water partition coefficient (Wildman–Crippen LogP) is 2.92. The maximum Gasteiger partial charge on any atom is 0.262 e. The van der Waals surface area contributed by atoms with Gasteiger partial charge >= 0.3 is 0 Å². The largest absolute Gasteiger partial charge is 0.493 e. The zero-order chi connectivity index (χ0) is 13.6. The van der Waals surface area contributed by atoms with Gasteiger partial charge in [-0.3, -0.25) is 4.79 Å². The monoisotopic (exact) mass is 276 g/mol. The minimum Gasteiger partial charge on any atom is -0.493 e. The van der Waals surface area contributed by atoms with Crippen molar-refractivity contribution in [1.29, 1.82) is 0 Å². The molecule has 0 saturated heterocycles. The van der Waals surface area contributed by atoms with Crippen molar-refractivity contribution < 1.29 is 5.11 Å². The van der Waals surface area contributed by atoms with Crippen molar-refractivity contribution in [3.63, 3.8) is 0 Å². The van der Waals surface area contributed by atoms with E-state index >= 15 is 0 Å². The molecule has 2 unspecified atom stereocenters. The first-order chi connectivity index (χ1) is 9.08. The van der Waals surface area contributed by atoms with Crippen LogP contribution < -0.4 is 5.56 Å². The van der Waals surface area contributed by atoms with Crippen molar-refractivity contribution >= 4 is 11.6 Å². The number of aromatic amines is 1. The minimum atomic E-state index is -0.352. The first kappa shape index (κ1) is 12.2. The summed E-state index contributed by atoms with van der Waals surface area (Å²) >= 11 is 6.05. The van der Waals surface area contributed by atoms with Crippen molar-refractivity contribution in [2.75, 3.05) is 0 Å². The first-order valence-corrected chi connectivity index (χ1v) is 6.54. The van der Waals surface area contributed by atoms with Crippen LogP contribution in [-0.4, -0.2) is 15.1 Å². The fourth-order valence-corrected chi connectivity index (χ4v) is 2.49. The van der Waals surface area contributed by atoms with Crippen LogP contribution in [0.15, 0.2) is 29.1 Å². The molecule has 1 aliphatic carbocycles. The molecule has 1 aliphatic rings. The number of benzene rings is 1. The molecule has 19 heavy (non-hydrogen) atoms. The average molecular weight is 277 g/mol. The second-order valence-electron chi connectivity index (χ2n) is 4.95. The van der Waals surface area contributed by atoms with E-state index < -0.39 is 0 Å². The first-order valence-electron chi connectivity index (χ1n) is 6.16. The lowest BCUT2D eigenvalue weighted by atomic mass is 10.1. The molecule has 98 valence electrons. The molecule has 2 atom stereocenters. The van der Waals surface area contributed by atoms with Gasteiger partial charge in [0, 0.05) is 16.5 Å². The van der Waals surface area contributed by atoms with E-state index in [-0.39, 0.29) is 22.9 Å². The third-order valence-electron chi connectivity index (χ3n) is 3.52. The number of nitrogens with one attached hydrogen (secondary N) is 1. The third kappa shape index (κ3) is 2.12. The highest BCUT2D eigenvalue weighted by Crippen LogP contribution is 2.45. The summed E-state index contributed by atoms with van der Waals surface area (Å²) in [6.45, 7) is 2.09. The van der Waals surface area contributed by atoms with E-state index in [9.17, 15) is 9.90 Å². The van der Waals surface area contributed by atoms with Crippen LogP contribution in [0, 0.1) is 5.92 Å². The Bertz CT molecular complexity index is 696. The van der Waals surface area contributed by atoms with E-state index in [0.29, 0.717) is 22.3 Å². The maximum atomic E-state index is 12.1. The van der Waals surface area contributed by atoms with Crippen molar-refractivity contribution in [3.8, 4) is 17.0 Å². The van der Waals surface area contributed by atoms with Gasteiger partial charge in [0.2, 0.25) is 5.88 Å². The van der Waals surface area contributed by atoms with Crippen molar-refractivity contribution in [3.05, 3.63) is 45.5 Å². The topological polar surface area (TPSA) is 66.0 Å². The normalized spacial score (nSPS) is 21.4. The Kier molecular flexibility index (Phi) is 2.82. The van der Waals surface area contributed by atoms with Gasteiger partial charge in [-0.1, -0.05) is 36.7 Å². The molecule has 0 radical (unpaired) electrons. The summed E-state index contributed by atoms with van der Waals surface area (Å²) in [5, 5.41) is 10.4. The van der Waals surface area contributed by atoms with Crippen molar-refractivity contribution in [1.82, 2.24) is 9.97 Å². The molecule has 1 saturated carbocycles. The Hall–Kier alpha value is -1.81. The van der Waals surface area contributed by atoms with E-state index in [2.05, 4.69) is 16.9 Å². The Morgan fingerprint density at radius 3 is 2.68 bits per heavy atom. The summed E-state index contributed by atoms with van der Waals surface area (Å²) in [6.07, 6.45) is 0.994. The molecule has 1 heterocycles. The number of H-pyrrole nitrogens is 1. The summed E-state index contributed by atoms with van der Waals surface area (Å²) < 4.78 is 0. The second kappa shape index (κ2) is 4.38. The number of aromatic hydroxyl groups is 1. The van der Waals surface area contributed by atoms with Crippen LogP contribution in [0.1, 0.15) is 25.1 Å². The van der Waals surface area contributed by atoms with Crippen LogP contribution in [0.25, 0.3) is 11.1 Å². The second-order valence-corrected chi connectivity index (χ2v) is 5.36. The minimum absolute atomic E-state index is 0.127. The average Bonchev–Trinajstić information content (AvgIpc) is 3.08. The number of nitrogens with zero attached hydrogens (tertiary/aromatic N) is 1. The molecule has 3 rings (SSSR count). The lowest BCUT2D eigenvalue weighted by Crippen LogP contribution is -2.14. The van der Waals surface area contributed by atoms with Gasteiger partial charge in [0.15, 0.2) is 0 Å². The summed E-state index contributed by atoms with van der Waals surface area (Å²) in [5.41, 5.74) is 0.267. The van der Waals surface area contributed by atoms with Gasteiger partial charge in [0.25, 0.3) is 5.56 Å². The van der Waals surface area contributed by atoms with Crippen LogP contribution in [-0.2, 0) is 0 Å².